The van der Waals surface area contributed by atoms with Crippen LogP contribution in [-0.2, 0) is 6.18 Å². The van der Waals surface area contributed by atoms with E-state index in [1.807, 2.05) is 0 Å². The number of benzene rings is 1. The van der Waals surface area contributed by atoms with Gasteiger partial charge in [-0.2, -0.15) is 13.2 Å². The monoisotopic (exact) mass is 301 g/mol. The van der Waals surface area contributed by atoms with Gasteiger partial charge in [-0.1, -0.05) is 20.8 Å². The predicted octanol–water partition coefficient (Wildman–Crippen LogP) is 4.88. The van der Waals surface area contributed by atoms with Gasteiger partial charge in [0, 0.05) is 11.8 Å². The van der Waals surface area contributed by atoms with Crippen LogP contribution in [-0.4, -0.2) is 6.10 Å². The smallest absolute Gasteiger partial charge is 0.416 e. The summed E-state index contributed by atoms with van der Waals surface area (Å²) in [7, 11) is 0. The maximum absolute atomic E-state index is 12.8. The van der Waals surface area contributed by atoms with E-state index in [-0.39, 0.29) is 23.0 Å². The molecule has 2 rings (SSSR count). The summed E-state index contributed by atoms with van der Waals surface area (Å²) in [5, 5.41) is 0. The van der Waals surface area contributed by atoms with Crippen LogP contribution in [0.5, 0.6) is 5.75 Å². The third kappa shape index (κ3) is 4.29. The van der Waals surface area contributed by atoms with Gasteiger partial charge in [-0.25, -0.2) is 0 Å². The van der Waals surface area contributed by atoms with Gasteiger partial charge in [0.15, 0.2) is 0 Å². The summed E-state index contributed by atoms with van der Waals surface area (Å²) in [6, 6.07) is 3.42. The third-order valence-corrected chi connectivity index (χ3v) is 3.91. The van der Waals surface area contributed by atoms with Crippen LogP contribution in [0.2, 0.25) is 0 Å². The van der Waals surface area contributed by atoms with Crippen molar-refractivity contribution >= 4 is 5.69 Å². The van der Waals surface area contributed by atoms with Gasteiger partial charge in [0.25, 0.3) is 0 Å². The number of anilines is 1. The molecule has 1 aromatic rings. The van der Waals surface area contributed by atoms with E-state index in [1.165, 1.54) is 6.07 Å². The predicted molar refractivity (Wildman–Crippen MR) is 77.1 cm³/mol. The second-order valence-electron chi connectivity index (χ2n) is 6.94. The van der Waals surface area contributed by atoms with Crippen LogP contribution in [0.4, 0.5) is 18.9 Å². The zero-order valence-electron chi connectivity index (χ0n) is 12.6. The van der Waals surface area contributed by atoms with Crippen molar-refractivity contribution in [1.29, 1.82) is 0 Å². The van der Waals surface area contributed by atoms with Gasteiger partial charge in [-0.15, -0.1) is 0 Å². The lowest BCUT2D eigenvalue weighted by Crippen LogP contribution is -2.34. The zero-order chi connectivity index (χ0) is 15.8. The number of hydrogen-bond donors (Lipinski definition) is 1. The van der Waals surface area contributed by atoms with Crippen LogP contribution in [0.3, 0.4) is 0 Å². The summed E-state index contributed by atoms with van der Waals surface area (Å²) in [6.07, 6.45) is -1.66. The molecular weight excluding hydrogens is 279 g/mol. The van der Waals surface area contributed by atoms with Crippen LogP contribution in [0.1, 0.15) is 45.6 Å². The lowest BCUT2D eigenvalue weighted by atomic mass is 9.71. The topological polar surface area (TPSA) is 35.2 Å². The van der Waals surface area contributed by atoms with E-state index in [2.05, 4.69) is 20.8 Å². The van der Waals surface area contributed by atoms with E-state index in [0.29, 0.717) is 5.92 Å². The van der Waals surface area contributed by atoms with Crippen molar-refractivity contribution in [3.8, 4) is 5.75 Å². The Morgan fingerprint density at radius 2 is 1.86 bits per heavy atom. The van der Waals surface area contributed by atoms with Crippen LogP contribution < -0.4 is 10.5 Å². The first kappa shape index (κ1) is 16.0. The summed E-state index contributed by atoms with van der Waals surface area (Å²) in [5.74, 6) is 0.708. The normalized spacial score (nSPS) is 25.6. The Hall–Kier alpha value is -1.39. The number of rotatable bonds is 2. The number of nitrogen functional groups attached to an aromatic ring is 1. The lowest BCUT2D eigenvalue weighted by molar-refractivity contribution is -0.137. The van der Waals surface area contributed by atoms with Crippen molar-refractivity contribution < 1.29 is 17.9 Å². The van der Waals surface area contributed by atoms with E-state index < -0.39 is 11.7 Å². The Morgan fingerprint density at radius 3 is 2.43 bits per heavy atom. The Labute approximate surface area is 123 Å². The number of alkyl halides is 3. The Morgan fingerprint density at radius 1 is 1.19 bits per heavy atom. The van der Waals surface area contributed by atoms with Gasteiger partial charge in [-0.05, 0) is 42.7 Å². The Bertz CT molecular complexity index is 511. The van der Waals surface area contributed by atoms with Gasteiger partial charge in [0.05, 0.1) is 11.7 Å². The first-order valence-electron chi connectivity index (χ1n) is 7.19. The molecule has 0 heterocycles. The van der Waals surface area contributed by atoms with E-state index in [9.17, 15) is 13.2 Å². The maximum atomic E-state index is 12.8. The van der Waals surface area contributed by atoms with E-state index in [0.717, 1.165) is 31.4 Å². The van der Waals surface area contributed by atoms with Crippen LogP contribution in [0, 0.1) is 11.3 Å². The SMILES string of the molecule is CC1CC(Oc2cc(N)cc(C(F)(F)F)c2)CC(C)(C)C1. The number of ether oxygens (including phenoxy) is 1. The number of nitrogens with two attached hydrogens (primary N) is 1. The van der Waals surface area contributed by atoms with Crippen LogP contribution in [0.25, 0.3) is 0 Å². The standard InChI is InChI=1S/C16H22F3NO/c1-10-4-14(9-15(2,3)8-10)21-13-6-11(16(17,18)19)5-12(20)7-13/h5-7,10,14H,4,8-9,20H2,1-3H3. The molecule has 0 saturated heterocycles. The molecule has 2 nitrogen and oxygen atoms in total. The molecule has 1 aliphatic rings. The molecule has 2 N–H and O–H groups in total. The minimum Gasteiger partial charge on any atom is -0.490 e. The summed E-state index contributed by atoms with van der Waals surface area (Å²) in [6.45, 7) is 6.48. The highest BCUT2D eigenvalue weighted by molar-refractivity contribution is 5.48. The molecule has 118 valence electrons. The number of halogens is 3. The second kappa shape index (κ2) is 5.43. The fourth-order valence-corrected chi connectivity index (χ4v) is 3.39. The summed E-state index contributed by atoms with van der Waals surface area (Å²) in [4.78, 5) is 0. The summed E-state index contributed by atoms with van der Waals surface area (Å²) < 4.78 is 44.2. The summed E-state index contributed by atoms with van der Waals surface area (Å²) in [5.41, 5.74) is 5.02. The highest BCUT2D eigenvalue weighted by Gasteiger charge is 2.34. The lowest BCUT2D eigenvalue weighted by Gasteiger charge is -2.38. The number of hydrogen-bond acceptors (Lipinski definition) is 2. The van der Waals surface area contributed by atoms with Crippen molar-refractivity contribution in [1.82, 2.24) is 0 Å². The minimum atomic E-state index is -4.41. The molecule has 5 heteroatoms. The van der Waals surface area contributed by atoms with Gasteiger partial charge >= 0.3 is 6.18 Å². The molecule has 1 aromatic carbocycles. The van der Waals surface area contributed by atoms with E-state index in [1.54, 1.807) is 0 Å². The first-order chi connectivity index (χ1) is 9.55. The van der Waals surface area contributed by atoms with Gasteiger partial charge in [0.1, 0.15) is 5.75 Å². The van der Waals surface area contributed by atoms with Crippen molar-refractivity contribution in [3.05, 3.63) is 23.8 Å². The van der Waals surface area contributed by atoms with Crippen LogP contribution in [0.15, 0.2) is 18.2 Å². The Balaban J connectivity index is 2.18. The molecule has 1 aliphatic carbocycles. The van der Waals surface area contributed by atoms with Gasteiger partial charge < -0.3 is 10.5 Å². The molecule has 0 amide bonds. The quantitative estimate of drug-likeness (QED) is 0.790. The highest BCUT2D eigenvalue weighted by atomic mass is 19.4. The van der Waals surface area contributed by atoms with Crippen LogP contribution >= 0.6 is 0 Å². The van der Waals surface area contributed by atoms with E-state index in [4.69, 9.17) is 10.5 Å². The second-order valence-corrected chi connectivity index (χ2v) is 6.94. The Kier molecular flexibility index (Phi) is 4.13. The molecule has 0 radical (unpaired) electrons. The molecule has 2 unspecified atom stereocenters. The van der Waals surface area contributed by atoms with E-state index >= 15 is 0 Å². The van der Waals surface area contributed by atoms with Crippen molar-refractivity contribution in [2.75, 3.05) is 5.73 Å². The molecule has 0 aliphatic heterocycles. The first-order valence-corrected chi connectivity index (χ1v) is 7.19. The molecule has 0 bridgehead atoms. The summed E-state index contributed by atoms with van der Waals surface area (Å²) >= 11 is 0. The molecule has 21 heavy (non-hydrogen) atoms. The fourth-order valence-electron chi connectivity index (χ4n) is 3.39. The maximum Gasteiger partial charge on any atom is 0.416 e. The zero-order valence-corrected chi connectivity index (χ0v) is 12.6. The molecule has 1 saturated carbocycles. The van der Waals surface area contributed by atoms with Gasteiger partial charge in [0.2, 0.25) is 0 Å². The molecular formula is C16H22F3NO. The largest absolute Gasteiger partial charge is 0.490 e. The minimum absolute atomic E-state index is 0.0633. The fraction of sp³-hybridized carbons (Fsp3) is 0.625. The average molecular weight is 301 g/mol. The van der Waals surface area contributed by atoms with Crippen molar-refractivity contribution in [3.63, 3.8) is 0 Å². The molecule has 0 spiro atoms. The molecule has 0 aromatic heterocycles. The van der Waals surface area contributed by atoms with Crippen molar-refractivity contribution in [2.45, 2.75) is 52.3 Å². The van der Waals surface area contributed by atoms with Gasteiger partial charge in [-0.3, -0.25) is 0 Å². The molecule has 2 atom stereocenters. The highest BCUT2D eigenvalue weighted by Crippen LogP contribution is 2.41. The molecule has 1 fully saturated rings. The third-order valence-electron chi connectivity index (χ3n) is 3.91. The average Bonchev–Trinajstić information content (AvgIpc) is 2.23. The van der Waals surface area contributed by atoms with Crippen molar-refractivity contribution in [2.24, 2.45) is 11.3 Å².